The minimum atomic E-state index is -4.82. The van der Waals surface area contributed by atoms with E-state index in [1.165, 1.54) is 48.5 Å². The molecule has 0 unspecified atom stereocenters. The van der Waals surface area contributed by atoms with Gasteiger partial charge in [-0.3, -0.25) is 0 Å². The maximum Gasteiger partial charge on any atom is 0.432 e. The van der Waals surface area contributed by atoms with E-state index in [1.807, 2.05) is 0 Å². The Balaban J connectivity index is 2.09. The molecule has 1 heterocycles. The number of carbonyl (C=O) groups excluding carboxylic acids is 1. The number of nitriles is 1. The summed E-state index contributed by atoms with van der Waals surface area (Å²) in [7, 11) is 0. The lowest BCUT2D eigenvalue weighted by Gasteiger charge is -2.16. The first kappa shape index (κ1) is 21.7. The summed E-state index contributed by atoms with van der Waals surface area (Å²) >= 11 is 8.74. The third-order valence-corrected chi connectivity index (χ3v) is 5.20. The molecule has 0 saturated carbocycles. The number of aromatic nitrogens is 1. The fraction of sp³-hybridized carbons (Fsp3) is 0.100. The highest BCUT2D eigenvalue weighted by molar-refractivity contribution is 9.10. The maximum atomic E-state index is 13.8. The number of benzene rings is 2. The third-order valence-electron chi connectivity index (χ3n) is 4.17. The summed E-state index contributed by atoms with van der Waals surface area (Å²) in [6.45, 7) is -0.768. The van der Waals surface area contributed by atoms with Crippen molar-refractivity contribution in [2.45, 2.75) is 12.9 Å². The van der Waals surface area contributed by atoms with Crippen LogP contribution in [0.2, 0.25) is 5.02 Å². The average molecular weight is 499 g/mol. The van der Waals surface area contributed by atoms with Crippen LogP contribution in [-0.2, 0) is 17.6 Å². The van der Waals surface area contributed by atoms with Crippen LogP contribution in [0.1, 0.15) is 21.6 Å². The predicted molar refractivity (Wildman–Crippen MR) is 109 cm³/mol. The zero-order valence-corrected chi connectivity index (χ0v) is 17.3. The number of carbonyl (C=O) groups is 1. The summed E-state index contributed by atoms with van der Waals surface area (Å²) in [6, 6.07) is 13.4. The first-order valence-corrected chi connectivity index (χ1v) is 9.48. The molecule has 0 atom stereocenters. The van der Waals surface area contributed by atoms with Gasteiger partial charge in [0, 0.05) is 10.7 Å². The van der Waals surface area contributed by atoms with Gasteiger partial charge in [0.1, 0.15) is 11.8 Å². The highest BCUT2D eigenvalue weighted by Gasteiger charge is 2.41. The lowest BCUT2D eigenvalue weighted by atomic mass is 10.1. The van der Waals surface area contributed by atoms with Crippen LogP contribution in [0.5, 0.6) is 0 Å². The van der Waals surface area contributed by atoms with Crippen LogP contribution in [0.15, 0.2) is 53.0 Å². The molecule has 5 nitrogen and oxygen atoms in total. The first-order chi connectivity index (χ1) is 14.1. The first-order valence-electron chi connectivity index (χ1n) is 8.31. The van der Waals surface area contributed by atoms with Gasteiger partial charge in [-0.05, 0) is 57.9 Å². The van der Waals surface area contributed by atoms with Crippen molar-refractivity contribution in [3.05, 3.63) is 74.8 Å². The summed E-state index contributed by atoms with van der Waals surface area (Å²) in [6.07, 6.45) is -4.82. The Hall–Kier alpha value is -2.96. The normalized spacial score (nSPS) is 11.2. The molecule has 30 heavy (non-hydrogen) atoms. The quantitative estimate of drug-likeness (QED) is 0.361. The molecule has 0 aliphatic carbocycles. The van der Waals surface area contributed by atoms with Gasteiger partial charge in [-0.25, -0.2) is 4.79 Å². The summed E-state index contributed by atoms with van der Waals surface area (Å²) in [5, 5.41) is 9.87. The van der Waals surface area contributed by atoms with Gasteiger partial charge in [-0.1, -0.05) is 23.7 Å². The largest absolute Gasteiger partial charge is 0.440 e. The molecule has 0 bridgehead atoms. The van der Waals surface area contributed by atoms with Crippen LogP contribution in [0.3, 0.4) is 0 Å². The van der Waals surface area contributed by atoms with E-state index in [4.69, 9.17) is 22.1 Å². The standard InChI is InChI=1S/C20H12BrClF3N3O2/c21-16-15(9-26)17(11-1-5-13(22)6-2-11)28(18(16)20(23,24)25)10-30-19(29)12-3-7-14(27)8-4-12/h1-8H,10,27H2. The van der Waals surface area contributed by atoms with Crippen LogP contribution in [0, 0.1) is 11.3 Å². The van der Waals surface area contributed by atoms with Crippen LogP contribution in [0.25, 0.3) is 11.3 Å². The van der Waals surface area contributed by atoms with E-state index in [9.17, 15) is 23.2 Å². The van der Waals surface area contributed by atoms with Crippen LogP contribution in [-0.4, -0.2) is 10.5 Å². The van der Waals surface area contributed by atoms with E-state index in [1.54, 1.807) is 6.07 Å². The van der Waals surface area contributed by atoms with E-state index in [0.717, 1.165) is 4.57 Å². The van der Waals surface area contributed by atoms with E-state index in [2.05, 4.69) is 15.9 Å². The number of nitrogens with two attached hydrogens (primary N) is 1. The SMILES string of the molecule is N#Cc1c(Br)c(C(F)(F)F)n(COC(=O)c2ccc(N)cc2)c1-c1ccc(Cl)cc1. The van der Waals surface area contributed by atoms with E-state index >= 15 is 0 Å². The second kappa shape index (κ2) is 8.42. The Labute approximate surface area is 182 Å². The summed E-state index contributed by atoms with van der Waals surface area (Å²) in [4.78, 5) is 12.3. The molecule has 0 radical (unpaired) electrons. The smallest absolute Gasteiger partial charge is 0.432 e. The fourth-order valence-corrected chi connectivity index (χ4v) is 3.67. The van der Waals surface area contributed by atoms with Crippen molar-refractivity contribution < 1.29 is 22.7 Å². The molecule has 0 aliphatic heterocycles. The number of esters is 1. The van der Waals surface area contributed by atoms with Crippen molar-refractivity contribution in [2.24, 2.45) is 0 Å². The van der Waals surface area contributed by atoms with Crippen molar-refractivity contribution in [2.75, 3.05) is 5.73 Å². The number of hydrogen-bond acceptors (Lipinski definition) is 4. The second-order valence-corrected chi connectivity index (χ2v) is 7.34. The molecule has 2 aromatic carbocycles. The topological polar surface area (TPSA) is 81.0 Å². The zero-order chi connectivity index (χ0) is 22.1. The van der Waals surface area contributed by atoms with Gasteiger partial charge in [0.25, 0.3) is 0 Å². The van der Waals surface area contributed by atoms with Crippen LogP contribution >= 0.6 is 27.5 Å². The fourth-order valence-electron chi connectivity index (χ4n) is 2.83. The van der Waals surface area contributed by atoms with Crippen molar-refractivity contribution in [3.63, 3.8) is 0 Å². The second-order valence-electron chi connectivity index (χ2n) is 6.11. The number of hydrogen-bond donors (Lipinski definition) is 1. The number of nitrogens with zero attached hydrogens (tertiary/aromatic N) is 2. The molecule has 0 aliphatic rings. The lowest BCUT2D eigenvalue weighted by molar-refractivity contribution is -0.145. The Morgan fingerprint density at radius 2 is 1.77 bits per heavy atom. The molecule has 10 heteroatoms. The predicted octanol–water partition coefficient (Wildman–Crippen LogP) is 5.86. The third kappa shape index (κ3) is 4.30. The Morgan fingerprint density at radius 1 is 1.17 bits per heavy atom. The Bertz CT molecular complexity index is 1130. The van der Waals surface area contributed by atoms with Crippen molar-refractivity contribution in [3.8, 4) is 17.3 Å². The summed E-state index contributed by atoms with van der Waals surface area (Å²) in [5.74, 6) is -0.839. The molecule has 3 rings (SSSR count). The highest BCUT2D eigenvalue weighted by Crippen LogP contribution is 2.43. The van der Waals surface area contributed by atoms with Crippen LogP contribution < -0.4 is 5.73 Å². The number of ether oxygens (including phenoxy) is 1. The highest BCUT2D eigenvalue weighted by atomic mass is 79.9. The molecule has 3 aromatic rings. The number of alkyl halides is 3. The van der Waals surface area contributed by atoms with Crippen molar-refractivity contribution in [1.82, 2.24) is 4.57 Å². The van der Waals surface area contributed by atoms with Gasteiger partial charge in [-0.2, -0.15) is 18.4 Å². The number of nitrogen functional groups attached to an aromatic ring is 1. The molecule has 1 aromatic heterocycles. The molecule has 2 N–H and O–H groups in total. The Kier molecular flexibility index (Phi) is 6.10. The molecule has 0 spiro atoms. The van der Waals surface area contributed by atoms with Crippen molar-refractivity contribution >= 4 is 39.2 Å². The van der Waals surface area contributed by atoms with E-state index < -0.39 is 29.0 Å². The minimum Gasteiger partial charge on any atom is -0.440 e. The number of halogens is 5. The van der Waals surface area contributed by atoms with Gasteiger partial charge >= 0.3 is 12.1 Å². The number of rotatable bonds is 4. The summed E-state index contributed by atoms with van der Waals surface area (Å²) < 4.78 is 46.7. The number of anilines is 1. The van der Waals surface area contributed by atoms with Gasteiger partial charge in [0.15, 0.2) is 6.73 Å². The average Bonchev–Trinajstić information content (AvgIpc) is 2.98. The van der Waals surface area contributed by atoms with Gasteiger partial charge in [-0.15, -0.1) is 0 Å². The van der Waals surface area contributed by atoms with Crippen molar-refractivity contribution in [1.29, 1.82) is 5.26 Å². The molecule has 154 valence electrons. The monoisotopic (exact) mass is 497 g/mol. The Morgan fingerprint density at radius 3 is 2.30 bits per heavy atom. The molecule has 0 fully saturated rings. The maximum absolute atomic E-state index is 13.8. The van der Waals surface area contributed by atoms with Gasteiger partial charge in [0.2, 0.25) is 0 Å². The van der Waals surface area contributed by atoms with E-state index in [-0.39, 0.29) is 16.8 Å². The summed E-state index contributed by atoms with van der Waals surface area (Å²) in [5.41, 5.74) is 4.96. The van der Waals surface area contributed by atoms with Gasteiger partial charge < -0.3 is 15.0 Å². The lowest BCUT2D eigenvalue weighted by Crippen LogP contribution is -2.18. The zero-order valence-electron chi connectivity index (χ0n) is 15.0. The molecular formula is C20H12BrClF3N3O2. The molecule has 0 saturated heterocycles. The minimum absolute atomic E-state index is 0.0570. The van der Waals surface area contributed by atoms with E-state index in [0.29, 0.717) is 16.3 Å². The molecular weight excluding hydrogens is 487 g/mol. The molecule has 0 amide bonds. The van der Waals surface area contributed by atoms with Gasteiger partial charge in [0.05, 0.1) is 21.3 Å². The van der Waals surface area contributed by atoms with Crippen LogP contribution in [0.4, 0.5) is 18.9 Å².